The molecule has 7 nitrogen and oxygen atoms in total. The van der Waals surface area contributed by atoms with E-state index in [1.807, 2.05) is 18.2 Å². The van der Waals surface area contributed by atoms with Crippen LogP contribution in [0.3, 0.4) is 0 Å². The van der Waals surface area contributed by atoms with Crippen molar-refractivity contribution >= 4 is 21.7 Å². The van der Waals surface area contributed by atoms with Crippen LogP contribution in [0.15, 0.2) is 29.1 Å². The van der Waals surface area contributed by atoms with Crippen LogP contribution in [0, 0.1) is 0 Å². The summed E-state index contributed by atoms with van der Waals surface area (Å²) in [6, 6.07) is 7.86. The van der Waals surface area contributed by atoms with Crippen molar-refractivity contribution in [2.24, 2.45) is 0 Å². The zero-order chi connectivity index (χ0) is 19.9. The molecule has 0 unspecified atom stereocenters. The normalized spacial score (nSPS) is 13.4. The van der Waals surface area contributed by atoms with E-state index in [1.54, 1.807) is 0 Å². The van der Waals surface area contributed by atoms with Gasteiger partial charge < -0.3 is 5.32 Å². The standard InChI is InChI=1S/C17H20ClN3O.CH4O3S/c18-13-5-3-4-12(10-13)11-19-9-8-16-14-6-1-2-7-15(14)17(22)21-20-16;1-5(2,3)4/h3-5,10,19H,1-2,6-9,11H2,(H,21,22);1H3,(H,2,3,4). The molecular weight excluding hydrogens is 390 g/mol. The van der Waals surface area contributed by atoms with Crippen molar-refractivity contribution in [1.29, 1.82) is 0 Å². The zero-order valence-electron chi connectivity index (χ0n) is 15.2. The molecule has 3 rings (SSSR count). The van der Waals surface area contributed by atoms with E-state index in [-0.39, 0.29) is 5.56 Å². The number of fused-ring (bicyclic) bond motifs is 1. The number of nitrogens with one attached hydrogen (secondary N) is 2. The summed E-state index contributed by atoms with van der Waals surface area (Å²) in [5.41, 5.74) is 4.33. The minimum absolute atomic E-state index is 0.00895. The fraction of sp³-hybridized carbons (Fsp3) is 0.444. The van der Waals surface area contributed by atoms with Gasteiger partial charge in [0.25, 0.3) is 15.7 Å². The van der Waals surface area contributed by atoms with Gasteiger partial charge in [-0.05, 0) is 48.9 Å². The molecule has 0 saturated carbocycles. The monoisotopic (exact) mass is 413 g/mol. The highest BCUT2D eigenvalue weighted by Gasteiger charge is 2.17. The van der Waals surface area contributed by atoms with E-state index in [1.165, 1.54) is 11.1 Å². The number of hydrogen-bond acceptors (Lipinski definition) is 5. The first-order valence-electron chi connectivity index (χ1n) is 8.71. The lowest BCUT2D eigenvalue weighted by Gasteiger charge is -2.17. The highest BCUT2D eigenvalue weighted by Crippen LogP contribution is 2.20. The number of aromatic amines is 1. The molecule has 1 aliphatic rings. The topological polar surface area (TPSA) is 112 Å². The van der Waals surface area contributed by atoms with E-state index in [4.69, 9.17) is 16.2 Å². The largest absolute Gasteiger partial charge is 0.312 e. The van der Waals surface area contributed by atoms with Gasteiger partial charge in [-0.15, -0.1) is 0 Å². The lowest BCUT2D eigenvalue weighted by atomic mass is 9.91. The molecule has 0 radical (unpaired) electrons. The molecule has 0 atom stereocenters. The van der Waals surface area contributed by atoms with Gasteiger partial charge in [0.15, 0.2) is 0 Å². The van der Waals surface area contributed by atoms with Gasteiger partial charge in [-0.1, -0.05) is 23.7 Å². The van der Waals surface area contributed by atoms with Crippen LogP contribution in [-0.2, 0) is 35.9 Å². The molecule has 3 N–H and O–H groups in total. The van der Waals surface area contributed by atoms with Crippen LogP contribution in [-0.4, -0.2) is 36.0 Å². The van der Waals surface area contributed by atoms with Gasteiger partial charge in [-0.2, -0.15) is 13.5 Å². The lowest BCUT2D eigenvalue weighted by Crippen LogP contribution is -2.25. The average Bonchev–Trinajstić information content (AvgIpc) is 2.59. The molecular formula is C18H24ClN3O4S. The molecule has 1 aromatic carbocycles. The molecule has 9 heteroatoms. The number of H-pyrrole nitrogens is 1. The van der Waals surface area contributed by atoms with Crippen molar-refractivity contribution in [2.75, 3.05) is 12.8 Å². The Morgan fingerprint density at radius 2 is 1.93 bits per heavy atom. The summed E-state index contributed by atoms with van der Waals surface area (Å²) in [6.45, 7) is 1.62. The predicted molar refractivity (Wildman–Crippen MR) is 106 cm³/mol. The SMILES string of the molecule is CS(=O)(=O)O.O=c1[nH]nc(CCNCc2cccc(Cl)c2)c2c1CCCC2. The highest BCUT2D eigenvalue weighted by molar-refractivity contribution is 7.85. The van der Waals surface area contributed by atoms with Crippen LogP contribution in [0.4, 0.5) is 0 Å². The highest BCUT2D eigenvalue weighted by atomic mass is 35.5. The van der Waals surface area contributed by atoms with Crippen molar-refractivity contribution in [3.63, 3.8) is 0 Å². The molecule has 0 amide bonds. The van der Waals surface area contributed by atoms with E-state index < -0.39 is 10.1 Å². The second-order valence-corrected chi connectivity index (χ2v) is 8.36. The van der Waals surface area contributed by atoms with Crippen LogP contribution < -0.4 is 10.9 Å². The van der Waals surface area contributed by atoms with E-state index in [9.17, 15) is 13.2 Å². The number of rotatable bonds is 5. The Bertz CT molecular complexity index is 920. The van der Waals surface area contributed by atoms with Crippen molar-refractivity contribution in [3.05, 3.63) is 62.0 Å². The minimum atomic E-state index is -3.67. The summed E-state index contributed by atoms with van der Waals surface area (Å²) in [5, 5.41) is 11.1. The molecule has 148 valence electrons. The van der Waals surface area contributed by atoms with Crippen LogP contribution in [0.1, 0.15) is 35.2 Å². The van der Waals surface area contributed by atoms with Crippen LogP contribution >= 0.6 is 11.6 Å². The van der Waals surface area contributed by atoms with E-state index >= 15 is 0 Å². The van der Waals surface area contributed by atoms with E-state index in [0.29, 0.717) is 6.26 Å². The van der Waals surface area contributed by atoms with Crippen LogP contribution in [0.25, 0.3) is 0 Å². The first-order chi connectivity index (χ1) is 12.7. The molecule has 1 heterocycles. The molecule has 1 aliphatic carbocycles. The third-order valence-electron chi connectivity index (χ3n) is 4.14. The summed E-state index contributed by atoms with van der Waals surface area (Å²) < 4.78 is 25.9. The molecule has 2 aromatic rings. The summed E-state index contributed by atoms with van der Waals surface area (Å²) in [4.78, 5) is 11.8. The Morgan fingerprint density at radius 1 is 1.26 bits per heavy atom. The lowest BCUT2D eigenvalue weighted by molar-refractivity contribution is 0.490. The van der Waals surface area contributed by atoms with Gasteiger partial charge in [-0.3, -0.25) is 9.35 Å². The van der Waals surface area contributed by atoms with Gasteiger partial charge in [-0.25, -0.2) is 5.10 Å². The first kappa shape index (κ1) is 21.6. The summed E-state index contributed by atoms with van der Waals surface area (Å²) in [5.74, 6) is 0. The minimum Gasteiger partial charge on any atom is -0.312 e. The summed E-state index contributed by atoms with van der Waals surface area (Å²) in [6.07, 6.45) is 5.67. The molecule has 0 saturated heterocycles. The Hall–Kier alpha value is -1.74. The molecule has 27 heavy (non-hydrogen) atoms. The Kier molecular flexibility index (Phi) is 7.97. The number of aromatic nitrogens is 2. The second-order valence-electron chi connectivity index (χ2n) is 6.45. The zero-order valence-corrected chi connectivity index (χ0v) is 16.7. The van der Waals surface area contributed by atoms with Crippen molar-refractivity contribution in [2.45, 2.75) is 38.6 Å². The van der Waals surface area contributed by atoms with Crippen LogP contribution in [0.2, 0.25) is 5.02 Å². The molecule has 0 spiro atoms. The number of halogens is 1. The smallest absolute Gasteiger partial charge is 0.267 e. The quantitative estimate of drug-likeness (QED) is 0.511. The van der Waals surface area contributed by atoms with Crippen LogP contribution in [0.5, 0.6) is 0 Å². The maximum absolute atomic E-state index is 11.8. The van der Waals surface area contributed by atoms with Gasteiger partial charge in [0, 0.05) is 30.1 Å². The number of nitrogens with zero attached hydrogens (tertiary/aromatic N) is 1. The fourth-order valence-electron chi connectivity index (χ4n) is 3.02. The molecule has 1 aromatic heterocycles. The van der Waals surface area contributed by atoms with Gasteiger partial charge in [0.05, 0.1) is 11.9 Å². The number of benzene rings is 1. The van der Waals surface area contributed by atoms with Gasteiger partial charge in [0.1, 0.15) is 0 Å². The van der Waals surface area contributed by atoms with E-state index in [0.717, 1.165) is 61.5 Å². The Morgan fingerprint density at radius 3 is 2.59 bits per heavy atom. The third-order valence-corrected chi connectivity index (χ3v) is 4.37. The predicted octanol–water partition coefficient (Wildman–Crippen LogP) is 2.14. The molecule has 0 aliphatic heterocycles. The van der Waals surface area contributed by atoms with Gasteiger partial charge in [0.2, 0.25) is 0 Å². The molecule has 0 bridgehead atoms. The average molecular weight is 414 g/mol. The summed E-state index contributed by atoms with van der Waals surface area (Å²) in [7, 11) is -3.67. The summed E-state index contributed by atoms with van der Waals surface area (Å²) >= 11 is 5.98. The Balaban J connectivity index is 0.000000465. The number of hydrogen-bond donors (Lipinski definition) is 3. The molecule has 0 fully saturated rings. The fourth-order valence-corrected chi connectivity index (χ4v) is 3.23. The van der Waals surface area contributed by atoms with Gasteiger partial charge >= 0.3 is 0 Å². The van der Waals surface area contributed by atoms with Crippen molar-refractivity contribution in [3.8, 4) is 0 Å². The Labute approximate surface area is 163 Å². The second kappa shape index (κ2) is 9.98. The maximum atomic E-state index is 11.8. The van der Waals surface area contributed by atoms with Crippen molar-refractivity contribution in [1.82, 2.24) is 15.5 Å². The first-order valence-corrected chi connectivity index (χ1v) is 10.9. The maximum Gasteiger partial charge on any atom is 0.267 e. The third kappa shape index (κ3) is 7.80. The van der Waals surface area contributed by atoms with Crippen molar-refractivity contribution < 1.29 is 13.0 Å². The van der Waals surface area contributed by atoms with E-state index in [2.05, 4.69) is 21.6 Å².